The smallest absolute Gasteiger partial charge is 0.152 e. The average Bonchev–Trinajstić information content (AvgIpc) is 2.84. The number of H-pyrrole nitrogens is 1. The Morgan fingerprint density at radius 1 is 1.19 bits per heavy atom. The summed E-state index contributed by atoms with van der Waals surface area (Å²) >= 11 is 6.09. The highest BCUT2D eigenvalue weighted by molar-refractivity contribution is 6.31. The molecular formula is C17H14ClNO2. The second kappa shape index (κ2) is 5.26. The number of carbonyl (C=O) groups excluding carboxylic acids is 1. The third-order valence-corrected chi connectivity index (χ3v) is 3.78. The molecule has 1 N–H and O–H groups in total. The highest BCUT2D eigenvalue weighted by Crippen LogP contribution is 2.36. The molecule has 0 spiro atoms. The highest BCUT2D eigenvalue weighted by Gasteiger charge is 2.16. The van der Waals surface area contributed by atoms with Gasteiger partial charge in [0.1, 0.15) is 5.75 Å². The number of halogens is 1. The molecule has 0 saturated heterocycles. The van der Waals surface area contributed by atoms with Gasteiger partial charge in [-0.05, 0) is 37.3 Å². The molecule has 0 fully saturated rings. The van der Waals surface area contributed by atoms with Crippen LogP contribution in [0.4, 0.5) is 0 Å². The van der Waals surface area contributed by atoms with Crippen LogP contribution < -0.4 is 4.74 Å². The minimum Gasteiger partial charge on any atom is -0.496 e. The zero-order chi connectivity index (χ0) is 15.0. The second-order valence-electron chi connectivity index (χ2n) is 4.93. The first kappa shape index (κ1) is 13.7. The van der Waals surface area contributed by atoms with Crippen molar-refractivity contribution in [2.45, 2.75) is 6.92 Å². The molecule has 4 heteroatoms. The Labute approximate surface area is 127 Å². The molecule has 0 radical (unpaired) electrons. The quantitative estimate of drug-likeness (QED) is 0.717. The Morgan fingerprint density at radius 3 is 2.71 bits per heavy atom. The minimum absolute atomic E-state index is 0.595. The molecular weight excluding hydrogens is 286 g/mol. The van der Waals surface area contributed by atoms with E-state index in [1.807, 2.05) is 25.1 Å². The summed E-state index contributed by atoms with van der Waals surface area (Å²) in [5, 5.41) is 1.50. The second-order valence-corrected chi connectivity index (χ2v) is 5.36. The van der Waals surface area contributed by atoms with E-state index < -0.39 is 0 Å². The van der Waals surface area contributed by atoms with Gasteiger partial charge in [0.15, 0.2) is 6.29 Å². The van der Waals surface area contributed by atoms with Crippen molar-refractivity contribution in [3.05, 3.63) is 52.5 Å². The molecule has 0 aliphatic heterocycles. The van der Waals surface area contributed by atoms with Gasteiger partial charge in [0.05, 0.1) is 12.8 Å². The van der Waals surface area contributed by atoms with Crippen molar-refractivity contribution >= 4 is 28.8 Å². The van der Waals surface area contributed by atoms with Crippen molar-refractivity contribution in [3.63, 3.8) is 0 Å². The number of hydrogen-bond donors (Lipinski definition) is 1. The van der Waals surface area contributed by atoms with E-state index in [9.17, 15) is 4.79 Å². The van der Waals surface area contributed by atoms with Crippen LogP contribution in [0.3, 0.4) is 0 Å². The van der Waals surface area contributed by atoms with Gasteiger partial charge < -0.3 is 9.72 Å². The molecule has 21 heavy (non-hydrogen) atoms. The summed E-state index contributed by atoms with van der Waals surface area (Å²) in [5.74, 6) is 0.672. The fraction of sp³-hybridized carbons (Fsp3) is 0.118. The Kier molecular flexibility index (Phi) is 3.43. The molecule has 0 bridgehead atoms. The molecule has 0 unspecified atom stereocenters. The minimum atomic E-state index is 0.595. The Bertz CT molecular complexity index is 836. The van der Waals surface area contributed by atoms with Gasteiger partial charge >= 0.3 is 0 Å². The van der Waals surface area contributed by atoms with E-state index in [1.54, 1.807) is 25.3 Å². The van der Waals surface area contributed by atoms with Crippen molar-refractivity contribution in [1.29, 1.82) is 0 Å². The summed E-state index contributed by atoms with van der Waals surface area (Å²) in [6.45, 7) is 2.00. The van der Waals surface area contributed by atoms with Crippen LogP contribution in [-0.4, -0.2) is 18.4 Å². The van der Waals surface area contributed by atoms with Crippen LogP contribution >= 0.6 is 11.6 Å². The summed E-state index contributed by atoms with van der Waals surface area (Å²) < 4.78 is 5.38. The normalized spacial score (nSPS) is 10.8. The number of hydrogen-bond acceptors (Lipinski definition) is 2. The Morgan fingerprint density at radius 2 is 2.00 bits per heavy atom. The predicted molar refractivity (Wildman–Crippen MR) is 85.4 cm³/mol. The maximum absolute atomic E-state index is 11.6. The van der Waals surface area contributed by atoms with Gasteiger partial charge in [0.25, 0.3) is 0 Å². The highest BCUT2D eigenvalue weighted by atomic mass is 35.5. The third kappa shape index (κ3) is 2.30. The summed E-state index contributed by atoms with van der Waals surface area (Å²) in [7, 11) is 1.60. The lowest BCUT2D eigenvalue weighted by Crippen LogP contribution is -1.91. The van der Waals surface area contributed by atoms with E-state index in [0.29, 0.717) is 16.3 Å². The zero-order valence-corrected chi connectivity index (χ0v) is 12.5. The zero-order valence-electron chi connectivity index (χ0n) is 11.7. The van der Waals surface area contributed by atoms with Gasteiger partial charge in [0, 0.05) is 27.1 Å². The maximum Gasteiger partial charge on any atom is 0.152 e. The van der Waals surface area contributed by atoms with E-state index in [-0.39, 0.29) is 0 Å². The molecule has 0 saturated carbocycles. The molecule has 0 aliphatic carbocycles. The van der Waals surface area contributed by atoms with Crippen molar-refractivity contribution in [2.24, 2.45) is 0 Å². The number of aromatic nitrogens is 1. The lowest BCUT2D eigenvalue weighted by atomic mass is 10.0. The first-order valence-electron chi connectivity index (χ1n) is 6.55. The van der Waals surface area contributed by atoms with Crippen molar-refractivity contribution in [1.82, 2.24) is 4.98 Å². The number of ether oxygens (including phenoxy) is 1. The van der Waals surface area contributed by atoms with E-state index in [4.69, 9.17) is 16.3 Å². The van der Waals surface area contributed by atoms with Crippen molar-refractivity contribution < 1.29 is 9.53 Å². The van der Waals surface area contributed by atoms with Crippen LogP contribution in [0.1, 0.15) is 15.9 Å². The lowest BCUT2D eigenvalue weighted by molar-refractivity contribution is 0.112. The SMILES string of the molecule is COc1ccc(Cl)cc1-c1[nH]c2ccc(C)cc2c1C=O. The molecule has 0 aliphatic rings. The van der Waals surface area contributed by atoms with E-state index in [1.165, 1.54) is 0 Å². The topological polar surface area (TPSA) is 42.1 Å². The monoisotopic (exact) mass is 299 g/mol. The molecule has 2 aromatic carbocycles. The molecule has 0 amide bonds. The van der Waals surface area contributed by atoms with Gasteiger partial charge in [-0.15, -0.1) is 0 Å². The lowest BCUT2D eigenvalue weighted by Gasteiger charge is -2.08. The molecule has 3 rings (SSSR count). The van der Waals surface area contributed by atoms with Gasteiger partial charge in [-0.1, -0.05) is 23.2 Å². The molecule has 0 atom stereocenters. The van der Waals surface area contributed by atoms with Crippen molar-refractivity contribution in [2.75, 3.05) is 7.11 Å². The summed E-state index contributed by atoms with van der Waals surface area (Å²) in [6.07, 6.45) is 0.869. The summed E-state index contributed by atoms with van der Waals surface area (Å²) in [4.78, 5) is 14.9. The number of rotatable bonds is 3. The van der Waals surface area contributed by atoms with Crippen LogP contribution in [0.15, 0.2) is 36.4 Å². The molecule has 3 nitrogen and oxygen atoms in total. The number of methoxy groups -OCH3 is 1. The fourth-order valence-electron chi connectivity index (χ4n) is 2.54. The number of nitrogens with one attached hydrogen (secondary N) is 1. The maximum atomic E-state index is 11.6. The molecule has 3 aromatic rings. The number of benzene rings is 2. The van der Waals surface area contributed by atoms with Gasteiger partial charge in [0.2, 0.25) is 0 Å². The number of fused-ring (bicyclic) bond motifs is 1. The largest absolute Gasteiger partial charge is 0.496 e. The predicted octanol–water partition coefficient (Wildman–Crippen LogP) is 4.62. The van der Waals surface area contributed by atoms with Crippen LogP contribution in [0.5, 0.6) is 5.75 Å². The first-order chi connectivity index (χ1) is 10.1. The van der Waals surface area contributed by atoms with Crippen LogP contribution in [0.2, 0.25) is 5.02 Å². The van der Waals surface area contributed by atoms with Crippen LogP contribution in [-0.2, 0) is 0 Å². The summed E-state index contributed by atoms with van der Waals surface area (Å²) in [6, 6.07) is 11.3. The van der Waals surface area contributed by atoms with E-state index in [2.05, 4.69) is 4.98 Å². The standard InChI is InChI=1S/C17H14ClNO2/c1-10-3-5-15-12(7-10)14(9-20)17(19-15)13-8-11(18)4-6-16(13)21-2/h3-9,19H,1-2H3. The number of aromatic amines is 1. The number of carbonyl (C=O) groups is 1. The van der Waals surface area contributed by atoms with E-state index in [0.717, 1.165) is 34.0 Å². The van der Waals surface area contributed by atoms with Gasteiger partial charge in [-0.25, -0.2) is 0 Å². The number of aldehydes is 1. The Hall–Kier alpha value is -2.26. The number of aryl methyl sites for hydroxylation is 1. The Balaban J connectivity index is 2.35. The molecule has 1 heterocycles. The third-order valence-electron chi connectivity index (χ3n) is 3.54. The molecule has 1 aromatic heterocycles. The fourth-order valence-corrected chi connectivity index (χ4v) is 2.71. The summed E-state index contributed by atoms with van der Waals surface area (Å²) in [5.41, 5.74) is 4.15. The van der Waals surface area contributed by atoms with Crippen LogP contribution in [0, 0.1) is 6.92 Å². The molecule has 106 valence electrons. The van der Waals surface area contributed by atoms with Gasteiger partial charge in [-0.3, -0.25) is 4.79 Å². The van der Waals surface area contributed by atoms with Crippen molar-refractivity contribution in [3.8, 4) is 17.0 Å². The van der Waals surface area contributed by atoms with Crippen LogP contribution in [0.25, 0.3) is 22.2 Å². The van der Waals surface area contributed by atoms with Gasteiger partial charge in [-0.2, -0.15) is 0 Å². The average molecular weight is 300 g/mol. The van der Waals surface area contributed by atoms with E-state index >= 15 is 0 Å². The first-order valence-corrected chi connectivity index (χ1v) is 6.93.